The summed E-state index contributed by atoms with van der Waals surface area (Å²) in [7, 11) is 0. The number of nitrogens with one attached hydrogen (secondary N) is 1. The fraction of sp³-hybridized carbons (Fsp3) is 0.0800. The first-order valence-corrected chi connectivity index (χ1v) is 12.4. The maximum Gasteiger partial charge on any atom is 0.258 e. The van der Waals surface area contributed by atoms with Crippen molar-refractivity contribution in [2.75, 3.05) is 5.32 Å². The molecule has 2 heterocycles. The van der Waals surface area contributed by atoms with Crippen LogP contribution in [0.2, 0.25) is 0 Å². The van der Waals surface area contributed by atoms with Crippen molar-refractivity contribution < 1.29 is 4.79 Å². The molecule has 0 fully saturated rings. The van der Waals surface area contributed by atoms with Gasteiger partial charge in [-0.05, 0) is 47.2 Å². The summed E-state index contributed by atoms with van der Waals surface area (Å²) in [4.78, 5) is 19.6. The summed E-state index contributed by atoms with van der Waals surface area (Å²) in [5.41, 5.74) is 3.45. The number of amides is 1. The van der Waals surface area contributed by atoms with Gasteiger partial charge in [-0.15, -0.1) is 16.9 Å². The van der Waals surface area contributed by atoms with Crippen LogP contribution in [0.4, 0.5) is 5.13 Å². The molecule has 0 bridgehead atoms. The molecule has 0 radical (unpaired) electrons. The van der Waals surface area contributed by atoms with Crippen molar-refractivity contribution in [3.05, 3.63) is 102 Å². The first-order valence-electron chi connectivity index (χ1n) is 10.6. The molecule has 1 N–H and O–H groups in total. The second-order valence-corrected chi connectivity index (χ2v) is 9.40. The van der Waals surface area contributed by atoms with Crippen LogP contribution in [-0.4, -0.2) is 31.1 Å². The number of rotatable bonds is 7. The van der Waals surface area contributed by atoms with Gasteiger partial charge < -0.3 is 0 Å². The molecule has 0 aliphatic carbocycles. The largest absolute Gasteiger partial charge is 0.298 e. The SMILES string of the molecule is Cc1nc(NC(=O)c2ccccc2SCc2nnnn2-c2ccccc2)sc1-c1ccccc1. The van der Waals surface area contributed by atoms with E-state index in [1.54, 1.807) is 4.68 Å². The second kappa shape index (κ2) is 9.98. The Morgan fingerprint density at radius 3 is 2.47 bits per heavy atom. The van der Waals surface area contributed by atoms with E-state index >= 15 is 0 Å². The molecule has 5 aromatic rings. The number of hydrogen-bond acceptors (Lipinski definition) is 7. The van der Waals surface area contributed by atoms with E-state index in [0.717, 1.165) is 26.7 Å². The van der Waals surface area contributed by atoms with Gasteiger partial charge in [0.25, 0.3) is 5.91 Å². The van der Waals surface area contributed by atoms with Gasteiger partial charge >= 0.3 is 0 Å². The molecular formula is C25H20N6OS2. The lowest BCUT2D eigenvalue weighted by Crippen LogP contribution is -2.13. The van der Waals surface area contributed by atoms with E-state index in [1.165, 1.54) is 23.1 Å². The quantitative estimate of drug-likeness (QED) is 0.301. The number of carbonyl (C=O) groups is 1. The number of benzene rings is 3. The highest BCUT2D eigenvalue weighted by atomic mass is 32.2. The summed E-state index contributed by atoms with van der Waals surface area (Å²) in [5.74, 6) is 1.02. The third-order valence-electron chi connectivity index (χ3n) is 5.08. The van der Waals surface area contributed by atoms with Crippen LogP contribution in [0.1, 0.15) is 21.9 Å². The van der Waals surface area contributed by atoms with Crippen LogP contribution in [0, 0.1) is 6.92 Å². The number of thioether (sulfide) groups is 1. The van der Waals surface area contributed by atoms with Crippen LogP contribution in [0.3, 0.4) is 0 Å². The molecule has 0 aliphatic rings. The Morgan fingerprint density at radius 2 is 1.68 bits per heavy atom. The Labute approximate surface area is 204 Å². The summed E-state index contributed by atoms with van der Waals surface area (Å²) in [5, 5.41) is 15.6. The van der Waals surface area contributed by atoms with Crippen molar-refractivity contribution >= 4 is 34.1 Å². The van der Waals surface area contributed by atoms with Crippen molar-refractivity contribution in [2.45, 2.75) is 17.6 Å². The first-order chi connectivity index (χ1) is 16.7. The third kappa shape index (κ3) is 4.75. The molecular weight excluding hydrogens is 464 g/mol. The van der Waals surface area contributed by atoms with E-state index in [-0.39, 0.29) is 5.91 Å². The number of aromatic nitrogens is 5. The van der Waals surface area contributed by atoms with Crippen LogP contribution in [-0.2, 0) is 5.75 Å². The summed E-state index contributed by atoms with van der Waals surface area (Å²) in [6, 6.07) is 27.3. The topological polar surface area (TPSA) is 85.6 Å². The van der Waals surface area contributed by atoms with Crippen molar-refractivity contribution in [3.8, 4) is 16.1 Å². The summed E-state index contributed by atoms with van der Waals surface area (Å²) in [6.45, 7) is 1.95. The Morgan fingerprint density at radius 1 is 0.971 bits per heavy atom. The average molecular weight is 485 g/mol. The van der Waals surface area contributed by atoms with Gasteiger partial charge in [-0.25, -0.2) is 4.98 Å². The lowest BCUT2D eigenvalue weighted by Gasteiger charge is -2.09. The molecule has 0 saturated carbocycles. The highest BCUT2D eigenvalue weighted by Crippen LogP contribution is 2.33. The van der Waals surface area contributed by atoms with E-state index in [2.05, 4.69) is 25.8 Å². The summed E-state index contributed by atoms with van der Waals surface area (Å²) in [6.07, 6.45) is 0. The third-order valence-corrected chi connectivity index (χ3v) is 7.27. The highest BCUT2D eigenvalue weighted by molar-refractivity contribution is 7.98. The minimum atomic E-state index is -0.195. The smallest absolute Gasteiger partial charge is 0.258 e. The molecule has 5 rings (SSSR count). The Hall–Kier alpha value is -3.82. The first kappa shape index (κ1) is 22.0. The van der Waals surface area contributed by atoms with Gasteiger partial charge in [0.05, 0.1) is 27.6 Å². The lowest BCUT2D eigenvalue weighted by atomic mass is 10.2. The normalized spacial score (nSPS) is 10.9. The number of thiazole rings is 1. The van der Waals surface area contributed by atoms with Crippen molar-refractivity contribution in [1.82, 2.24) is 25.2 Å². The maximum atomic E-state index is 13.1. The monoisotopic (exact) mass is 484 g/mol. The number of tetrazole rings is 1. The number of hydrogen-bond donors (Lipinski definition) is 1. The van der Waals surface area contributed by atoms with E-state index in [4.69, 9.17) is 0 Å². The van der Waals surface area contributed by atoms with Crippen molar-refractivity contribution in [3.63, 3.8) is 0 Å². The van der Waals surface area contributed by atoms with Gasteiger partial charge in [-0.3, -0.25) is 10.1 Å². The standard InChI is InChI=1S/C25H20N6OS2/c1-17-23(18-10-4-2-5-11-18)34-25(26-17)27-24(32)20-14-8-9-15-21(20)33-16-22-28-29-30-31(22)19-12-6-3-7-13-19/h2-15H,16H2,1H3,(H,26,27,32). The molecule has 1 amide bonds. The molecule has 9 heteroatoms. The number of carbonyl (C=O) groups excluding carboxylic acids is 1. The second-order valence-electron chi connectivity index (χ2n) is 7.38. The van der Waals surface area contributed by atoms with Crippen LogP contribution in [0.15, 0.2) is 89.8 Å². The molecule has 7 nitrogen and oxygen atoms in total. The fourth-order valence-electron chi connectivity index (χ4n) is 3.46. The molecule has 0 spiro atoms. The van der Waals surface area contributed by atoms with Crippen LogP contribution < -0.4 is 5.32 Å². The molecule has 0 saturated heterocycles. The predicted molar refractivity (Wildman–Crippen MR) is 135 cm³/mol. The van der Waals surface area contributed by atoms with E-state index in [9.17, 15) is 4.79 Å². The Balaban J connectivity index is 1.32. The van der Waals surface area contributed by atoms with Crippen LogP contribution >= 0.6 is 23.1 Å². The van der Waals surface area contributed by atoms with Gasteiger partial charge in [-0.1, -0.05) is 72.0 Å². The van der Waals surface area contributed by atoms with E-state index < -0.39 is 0 Å². The minimum absolute atomic E-state index is 0.195. The lowest BCUT2D eigenvalue weighted by molar-refractivity contribution is 0.102. The molecule has 168 valence electrons. The van der Waals surface area contributed by atoms with Gasteiger partial charge in [-0.2, -0.15) is 4.68 Å². The zero-order chi connectivity index (χ0) is 23.3. The molecule has 34 heavy (non-hydrogen) atoms. The van der Waals surface area contributed by atoms with Gasteiger partial charge in [0.1, 0.15) is 0 Å². The Kier molecular flexibility index (Phi) is 6.46. The zero-order valence-electron chi connectivity index (χ0n) is 18.3. The van der Waals surface area contributed by atoms with Crippen LogP contribution in [0.5, 0.6) is 0 Å². The number of para-hydroxylation sites is 1. The molecule has 0 aliphatic heterocycles. The van der Waals surface area contributed by atoms with Crippen molar-refractivity contribution in [2.24, 2.45) is 0 Å². The fourth-order valence-corrected chi connectivity index (χ4v) is 5.38. The van der Waals surface area contributed by atoms with Gasteiger partial charge in [0, 0.05) is 4.90 Å². The Bertz CT molecular complexity index is 1420. The summed E-state index contributed by atoms with van der Waals surface area (Å²) < 4.78 is 1.71. The zero-order valence-corrected chi connectivity index (χ0v) is 19.9. The van der Waals surface area contributed by atoms with Gasteiger partial charge in [0.2, 0.25) is 0 Å². The van der Waals surface area contributed by atoms with Crippen LogP contribution in [0.25, 0.3) is 16.1 Å². The maximum absolute atomic E-state index is 13.1. The average Bonchev–Trinajstić information content (AvgIpc) is 3.50. The molecule has 0 atom stereocenters. The van der Waals surface area contributed by atoms with Gasteiger partial charge in [0.15, 0.2) is 11.0 Å². The number of aryl methyl sites for hydroxylation is 1. The highest BCUT2D eigenvalue weighted by Gasteiger charge is 2.17. The molecule has 3 aromatic carbocycles. The summed E-state index contributed by atoms with van der Waals surface area (Å²) >= 11 is 2.99. The van der Waals surface area contributed by atoms with Crippen molar-refractivity contribution in [1.29, 1.82) is 0 Å². The van der Waals surface area contributed by atoms with E-state index in [0.29, 0.717) is 22.3 Å². The minimum Gasteiger partial charge on any atom is -0.298 e. The number of nitrogens with zero attached hydrogens (tertiary/aromatic N) is 5. The molecule has 2 aromatic heterocycles. The predicted octanol–water partition coefficient (Wildman–Crippen LogP) is 5.64. The van der Waals surface area contributed by atoms with E-state index in [1.807, 2.05) is 91.9 Å². The number of anilines is 1. The molecule has 0 unspecified atom stereocenters.